The average molecular weight is 465 g/mol. The summed E-state index contributed by atoms with van der Waals surface area (Å²) in [6.07, 6.45) is 0. The summed E-state index contributed by atoms with van der Waals surface area (Å²) in [5.74, 6) is 1.68. The van der Waals surface area contributed by atoms with Crippen LogP contribution in [0.15, 0.2) is 54.4 Å². The van der Waals surface area contributed by atoms with E-state index < -0.39 is 7.25 Å². The maximum Gasteiger partial charge on any atom is 0.673 e. The van der Waals surface area contributed by atoms with Crippen molar-refractivity contribution in [3.8, 4) is 0 Å². The topological polar surface area (TPSA) is 20.3 Å². The first-order chi connectivity index (χ1) is 13.2. The van der Waals surface area contributed by atoms with Crippen LogP contribution < -0.4 is 4.90 Å². The van der Waals surface area contributed by atoms with Crippen LogP contribution in [0, 0.1) is 0 Å². The first kappa shape index (κ1) is 21.8. The number of hydrogen-bond acceptors (Lipinski definition) is 4. The summed E-state index contributed by atoms with van der Waals surface area (Å²) in [5, 5.41) is 8.91. The van der Waals surface area contributed by atoms with Crippen molar-refractivity contribution in [3.63, 3.8) is 0 Å². The van der Waals surface area contributed by atoms with Gasteiger partial charge in [0.15, 0.2) is 0 Å². The molecule has 0 aliphatic carbocycles. The van der Waals surface area contributed by atoms with Gasteiger partial charge in [0.2, 0.25) is 10.1 Å². The molecule has 11 heteroatoms. The fourth-order valence-corrected chi connectivity index (χ4v) is 9.30. The number of benzene rings is 1. The molecule has 0 radical (unpaired) electrons. The van der Waals surface area contributed by atoms with E-state index in [0.717, 1.165) is 18.0 Å². The number of thioether (sulfide) groups is 3. The smallest absolute Gasteiger partial charge is 0.418 e. The minimum absolute atomic E-state index is 0.143. The number of fused-ring (bicyclic) bond motifs is 1. The number of hydrogen-bond donors (Lipinski definition) is 0. The molecule has 1 aromatic rings. The Bertz CT molecular complexity index is 827. The van der Waals surface area contributed by atoms with Crippen LogP contribution in [0.25, 0.3) is 0 Å². The minimum Gasteiger partial charge on any atom is -0.418 e. The molecule has 0 spiro atoms. The predicted molar refractivity (Wildman–Crippen MR) is 118 cm³/mol. The van der Waals surface area contributed by atoms with Gasteiger partial charge >= 0.3 is 7.25 Å². The van der Waals surface area contributed by atoms with Gasteiger partial charge in [-0.25, -0.2) is 0 Å². The number of carbonyl (C=O) groups is 1. The van der Waals surface area contributed by atoms with Crippen molar-refractivity contribution in [2.75, 3.05) is 17.2 Å². The van der Waals surface area contributed by atoms with Crippen LogP contribution in [-0.2, 0) is 15.7 Å². The zero-order chi connectivity index (χ0) is 20.3. The third-order valence-electron chi connectivity index (χ3n) is 4.04. The summed E-state index contributed by atoms with van der Waals surface area (Å²) in [4.78, 5) is 13.9. The van der Waals surface area contributed by atoms with Crippen molar-refractivity contribution in [2.24, 2.45) is 0 Å². The molecule has 0 saturated heterocycles. The molecule has 4 rings (SSSR count). The van der Waals surface area contributed by atoms with E-state index in [1.165, 1.54) is 14.0 Å². The van der Waals surface area contributed by atoms with Crippen LogP contribution in [0.1, 0.15) is 18.4 Å². The summed E-state index contributed by atoms with van der Waals surface area (Å²) in [6.45, 7) is 2.48. The van der Waals surface area contributed by atoms with Gasteiger partial charge < -0.3 is 22.2 Å². The largest absolute Gasteiger partial charge is 0.673 e. The molecule has 0 saturated carbocycles. The highest BCUT2D eigenvalue weighted by atomic mass is 32.2. The van der Waals surface area contributed by atoms with Gasteiger partial charge in [-0.1, -0.05) is 41.7 Å². The van der Waals surface area contributed by atoms with Crippen LogP contribution in [0.5, 0.6) is 0 Å². The molecule has 0 aromatic heterocycles. The maximum absolute atomic E-state index is 12.0. The third-order valence-corrected chi connectivity index (χ3v) is 10.4. The lowest BCUT2D eigenvalue weighted by molar-refractivity contribution is -0.116. The van der Waals surface area contributed by atoms with E-state index in [2.05, 4.69) is 39.8 Å². The minimum atomic E-state index is -6.00. The fraction of sp³-hybridized carbons (Fsp3) is 0.235. The highest BCUT2D eigenvalue weighted by Crippen LogP contribution is 2.50. The number of nitrogens with zero attached hydrogens (tertiary/aromatic N) is 1. The second-order valence-corrected chi connectivity index (χ2v) is 11.1. The van der Waals surface area contributed by atoms with Crippen molar-refractivity contribution < 1.29 is 22.1 Å². The number of rotatable bonds is 2. The van der Waals surface area contributed by atoms with Gasteiger partial charge in [0.25, 0.3) is 0 Å². The molecule has 0 bridgehead atoms. The summed E-state index contributed by atoms with van der Waals surface area (Å²) < 4.78 is 41.9. The van der Waals surface area contributed by atoms with Crippen molar-refractivity contribution in [3.05, 3.63) is 59.9 Å². The van der Waals surface area contributed by atoms with E-state index in [4.69, 9.17) is 0 Å². The maximum atomic E-state index is 12.0. The van der Waals surface area contributed by atoms with Crippen LogP contribution in [0.2, 0.25) is 0 Å². The molecule has 2 unspecified atom stereocenters. The van der Waals surface area contributed by atoms with E-state index in [-0.39, 0.29) is 16.8 Å². The Labute approximate surface area is 176 Å². The Morgan fingerprint density at radius 1 is 1.14 bits per heavy atom. The van der Waals surface area contributed by atoms with E-state index in [1.54, 1.807) is 6.92 Å². The van der Waals surface area contributed by atoms with Gasteiger partial charge in [-0.2, -0.15) is 0 Å². The van der Waals surface area contributed by atoms with E-state index >= 15 is 0 Å². The summed E-state index contributed by atoms with van der Waals surface area (Å²) in [7, 11) is -5.84. The fourth-order valence-electron chi connectivity index (χ4n) is 3.02. The molecule has 28 heavy (non-hydrogen) atoms. The lowest BCUT2D eigenvalue weighted by Crippen LogP contribution is -2.28. The summed E-state index contributed by atoms with van der Waals surface area (Å²) in [5.41, 5.74) is 2.43. The SMILES string of the molecule is CC(=O)N1CC(C[S+]2C=CSC2=C2SC=CS2)c2ccccc21.F[B-](F)(F)F. The number of anilines is 1. The summed E-state index contributed by atoms with van der Waals surface area (Å²) >= 11 is 5.54. The van der Waals surface area contributed by atoms with Gasteiger partial charge in [0, 0.05) is 30.5 Å². The molecule has 2 atom stereocenters. The highest BCUT2D eigenvalue weighted by Gasteiger charge is 2.39. The monoisotopic (exact) mass is 465 g/mol. The normalized spacial score (nSPS) is 23.1. The second-order valence-electron chi connectivity index (χ2n) is 5.95. The van der Waals surface area contributed by atoms with Gasteiger partial charge in [-0.15, -0.1) is 0 Å². The van der Waals surface area contributed by atoms with Crippen molar-refractivity contribution in [1.29, 1.82) is 0 Å². The van der Waals surface area contributed by atoms with Crippen molar-refractivity contribution in [2.45, 2.75) is 12.8 Å². The van der Waals surface area contributed by atoms with Crippen molar-refractivity contribution in [1.82, 2.24) is 0 Å². The predicted octanol–water partition coefficient (Wildman–Crippen LogP) is 6.35. The number of para-hydroxylation sites is 1. The first-order valence-electron chi connectivity index (χ1n) is 8.24. The number of carbonyl (C=O) groups excluding carboxylic acids is 1. The molecular formula is C17H16BF4NOS4. The quantitative estimate of drug-likeness (QED) is 0.288. The zero-order valence-corrected chi connectivity index (χ0v) is 18.0. The molecule has 3 heterocycles. The van der Waals surface area contributed by atoms with Crippen LogP contribution >= 0.6 is 35.3 Å². The first-order valence-corrected chi connectivity index (χ1v) is 12.3. The number of halogens is 4. The zero-order valence-electron chi connectivity index (χ0n) is 14.7. The average Bonchev–Trinajstić information content (AvgIpc) is 3.33. The lowest BCUT2D eigenvalue weighted by Gasteiger charge is -2.14. The van der Waals surface area contributed by atoms with Gasteiger partial charge in [-0.3, -0.25) is 4.79 Å². The standard InChI is InChI=1S/C17H16NOS4.BF4/c1-12(19)18-10-13(14-4-2-3-5-15(14)18)11-23-9-8-22-17(23)16-20-6-7-21-16;2-1(3,4)5/h2-9,13H,10-11H2,1H3;/q+1;-1. The second kappa shape index (κ2) is 9.27. The Morgan fingerprint density at radius 3 is 2.43 bits per heavy atom. The molecule has 0 fully saturated rings. The molecule has 0 N–H and O–H groups in total. The van der Waals surface area contributed by atoms with E-state index in [1.807, 2.05) is 46.3 Å². The number of amides is 1. The van der Waals surface area contributed by atoms with Gasteiger partial charge in [0.1, 0.15) is 15.4 Å². The molecule has 3 aliphatic rings. The van der Waals surface area contributed by atoms with Crippen LogP contribution in [0.4, 0.5) is 23.0 Å². The Kier molecular flexibility index (Phi) is 7.22. The van der Waals surface area contributed by atoms with Gasteiger partial charge in [0.05, 0.1) is 10.9 Å². The van der Waals surface area contributed by atoms with Crippen molar-refractivity contribution >= 4 is 65.0 Å². The van der Waals surface area contributed by atoms with Crippen LogP contribution in [-0.4, -0.2) is 25.5 Å². The Hall–Kier alpha value is -0.905. The van der Waals surface area contributed by atoms with E-state index in [9.17, 15) is 22.1 Å². The van der Waals surface area contributed by atoms with E-state index in [0.29, 0.717) is 5.92 Å². The van der Waals surface area contributed by atoms with Crippen LogP contribution in [0.3, 0.4) is 0 Å². The third kappa shape index (κ3) is 5.58. The molecular weight excluding hydrogens is 449 g/mol. The molecule has 1 amide bonds. The molecule has 1 aromatic carbocycles. The molecule has 150 valence electrons. The Morgan fingerprint density at radius 2 is 1.79 bits per heavy atom. The Balaban J connectivity index is 0.000000403. The highest BCUT2D eigenvalue weighted by molar-refractivity contribution is 8.32. The molecule has 2 nitrogen and oxygen atoms in total. The van der Waals surface area contributed by atoms with Gasteiger partial charge in [-0.05, 0) is 34.2 Å². The summed E-state index contributed by atoms with van der Waals surface area (Å²) in [6, 6.07) is 8.37. The molecule has 3 aliphatic heterocycles. The lowest BCUT2D eigenvalue weighted by atomic mass is 10.0.